The van der Waals surface area contributed by atoms with Crippen LogP contribution in [0.1, 0.15) is 20.8 Å². The Hall–Kier alpha value is -4.64. The predicted octanol–water partition coefficient (Wildman–Crippen LogP) is 6.36. The Labute approximate surface area is 290 Å². The summed E-state index contributed by atoms with van der Waals surface area (Å²) in [4.78, 5) is 24.8. The van der Waals surface area contributed by atoms with Crippen molar-refractivity contribution in [3.8, 4) is 16.9 Å². The first-order valence-electron chi connectivity index (χ1n) is 16.0. The molecule has 6 rings (SSSR count). The van der Waals surface area contributed by atoms with Gasteiger partial charge in [-0.15, -0.1) is 0 Å². The molecule has 1 N–H and O–H groups in total. The number of fused-ring (bicyclic) bond motifs is 1. The van der Waals surface area contributed by atoms with Crippen molar-refractivity contribution in [1.82, 2.24) is 14.9 Å². The lowest BCUT2D eigenvalue weighted by Crippen LogP contribution is -2.68. The van der Waals surface area contributed by atoms with Crippen LogP contribution in [0.4, 0.5) is 14.6 Å². The zero-order valence-corrected chi connectivity index (χ0v) is 29.3. The second kappa shape index (κ2) is 13.7. The summed E-state index contributed by atoms with van der Waals surface area (Å²) in [6.45, 7) is 11.1. The number of carbonyl (C=O) groups is 1. The average Bonchev–Trinajstić information content (AvgIpc) is 3.11. The maximum atomic E-state index is 16.8. The summed E-state index contributed by atoms with van der Waals surface area (Å²) in [5.41, 5.74) is -0.135. The summed E-state index contributed by atoms with van der Waals surface area (Å²) in [5, 5.41) is 11.2. The minimum Gasteiger partial charge on any atom is -0.533 e. The highest BCUT2D eigenvalue weighted by molar-refractivity contribution is 7.00. The summed E-state index contributed by atoms with van der Waals surface area (Å²) >= 11 is 6.90. The summed E-state index contributed by atoms with van der Waals surface area (Å²) in [6, 6.07) is 25.9. The van der Waals surface area contributed by atoms with Gasteiger partial charge in [0.05, 0.1) is 17.2 Å². The fraction of sp³-hybridized carbons (Fsp3) is 0.237. The molecule has 4 aromatic carbocycles. The van der Waals surface area contributed by atoms with Crippen molar-refractivity contribution in [2.24, 2.45) is 0 Å². The quantitative estimate of drug-likeness (QED) is 0.150. The highest BCUT2D eigenvalue weighted by Crippen LogP contribution is 2.45. The Morgan fingerprint density at radius 1 is 0.918 bits per heavy atom. The molecule has 252 valence electrons. The van der Waals surface area contributed by atoms with Gasteiger partial charge < -0.3 is 19.3 Å². The minimum absolute atomic E-state index is 0.0174. The van der Waals surface area contributed by atoms with Crippen molar-refractivity contribution in [3.63, 3.8) is 0 Å². The molecule has 0 radical (unpaired) electrons. The highest BCUT2D eigenvalue weighted by atomic mass is 35.5. The van der Waals surface area contributed by atoms with Gasteiger partial charge in [0.25, 0.3) is 5.91 Å². The Bertz CT molecular complexity index is 1980. The standard InChI is InChI=1S/C38H37ClF2N4O3Si/c1-25(23-46)37(47)45-20-18-44(19-21-45)36-28-22-29(39)32(34(41)35(28)42-24-43-36)33-30(40)16-11-17-31(33)48-49(38(2,3)4,26-12-7-5-8-13-26)27-14-9-6-10-15-27/h5-17,22,24,46H,1,18-21,23H2,2-4H3. The molecule has 1 fully saturated rings. The third-order valence-corrected chi connectivity index (χ3v) is 14.3. The number of halogens is 3. The van der Waals surface area contributed by atoms with Crippen LogP contribution < -0.4 is 19.7 Å². The molecule has 1 aliphatic rings. The Morgan fingerprint density at radius 3 is 2.10 bits per heavy atom. The largest absolute Gasteiger partial charge is 0.533 e. The zero-order chi connectivity index (χ0) is 34.9. The Balaban J connectivity index is 1.46. The van der Waals surface area contributed by atoms with Crippen LogP contribution in [0.15, 0.2) is 103 Å². The van der Waals surface area contributed by atoms with Crippen LogP contribution in [0.5, 0.6) is 5.75 Å². The van der Waals surface area contributed by atoms with Crippen LogP contribution in [0.25, 0.3) is 22.0 Å². The molecule has 0 unspecified atom stereocenters. The van der Waals surface area contributed by atoms with Crippen molar-refractivity contribution in [1.29, 1.82) is 0 Å². The summed E-state index contributed by atoms with van der Waals surface area (Å²) in [5.74, 6) is -1.17. The first-order valence-corrected chi connectivity index (χ1v) is 18.3. The number of aliphatic hydroxyl groups excluding tert-OH is 1. The van der Waals surface area contributed by atoms with E-state index < -0.39 is 31.6 Å². The number of hydrogen-bond acceptors (Lipinski definition) is 6. The van der Waals surface area contributed by atoms with Gasteiger partial charge in [0.2, 0.25) is 0 Å². The van der Waals surface area contributed by atoms with E-state index in [1.54, 1.807) is 23.1 Å². The van der Waals surface area contributed by atoms with Gasteiger partial charge in [-0.25, -0.2) is 18.7 Å². The first kappa shape index (κ1) is 34.2. The normalized spacial score (nSPS) is 13.9. The predicted molar refractivity (Wildman–Crippen MR) is 193 cm³/mol. The molecule has 49 heavy (non-hydrogen) atoms. The van der Waals surface area contributed by atoms with Gasteiger partial charge in [-0.05, 0) is 33.6 Å². The molecular formula is C38H37ClF2N4O3Si. The Kier molecular flexibility index (Phi) is 9.57. The van der Waals surface area contributed by atoms with Gasteiger partial charge in [0.1, 0.15) is 29.2 Å². The number of amides is 1. The van der Waals surface area contributed by atoms with Gasteiger partial charge in [0, 0.05) is 42.7 Å². The van der Waals surface area contributed by atoms with Crippen LogP contribution >= 0.6 is 11.6 Å². The second-order valence-electron chi connectivity index (χ2n) is 13.1. The summed E-state index contributed by atoms with van der Waals surface area (Å²) < 4.78 is 40.2. The Morgan fingerprint density at radius 2 is 1.53 bits per heavy atom. The van der Waals surface area contributed by atoms with E-state index in [9.17, 15) is 9.90 Å². The monoisotopic (exact) mass is 698 g/mol. The topological polar surface area (TPSA) is 78.8 Å². The molecule has 0 saturated carbocycles. The SMILES string of the molecule is C=C(CO)C(=O)N1CCN(c2ncnc3c(F)c(-c4c(F)cccc4O[Si](c4ccccc4)(c4ccccc4)C(C)(C)C)c(Cl)cc23)CC1. The number of aromatic nitrogens is 2. The molecule has 1 aromatic heterocycles. The average molecular weight is 699 g/mol. The smallest absolute Gasteiger partial charge is 0.319 e. The number of hydrogen-bond donors (Lipinski definition) is 1. The number of piperazine rings is 1. The lowest BCUT2D eigenvalue weighted by molar-refractivity contribution is -0.127. The van der Waals surface area contributed by atoms with E-state index >= 15 is 8.78 Å². The molecule has 0 aliphatic carbocycles. The molecule has 11 heteroatoms. The molecule has 1 amide bonds. The lowest BCUT2D eigenvalue weighted by atomic mass is 10.0. The maximum absolute atomic E-state index is 16.8. The fourth-order valence-corrected chi connectivity index (χ4v) is 11.4. The molecule has 2 heterocycles. The summed E-state index contributed by atoms with van der Waals surface area (Å²) in [6.07, 6.45) is 1.27. The number of anilines is 1. The van der Waals surface area contributed by atoms with E-state index in [-0.39, 0.29) is 38.9 Å². The van der Waals surface area contributed by atoms with E-state index in [2.05, 4.69) is 37.3 Å². The number of benzene rings is 4. The number of carbonyl (C=O) groups excluding carboxylic acids is 1. The van der Waals surface area contributed by atoms with Crippen LogP contribution in [0.3, 0.4) is 0 Å². The van der Waals surface area contributed by atoms with Crippen molar-refractivity contribution in [3.05, 3.63) is 120 Å². The van der Waals surface area contributed by atoms with Crippen LogP contribution in [-0.2, 0) is 4.79 Å². The number of aliphatic hydroxyl groups is 1. The molecule has 0 atom stereocenters. The van der Waals surface area contributed by atoms with Crippen molar-refractivity contribution < 1.29 is 23.1 Å². The minimum atomic E-state index is -3.23. The maximum Gasteiger partial charge on any atom is 0.319 e. The summed E-state index contributed by atoms with van der Waals surface area (Å²) in [7, 11) is -3.23. The van der Waals surface area contributed by atoms with E-state index in [4.69, 9.17) is 16.0 Å². The molecule has 5 aromatic rings. The molecule has 0 bridgehead atoms. The van der Waals surface area contributed by atoms with Crippen LogP contribution in [-0.4, -0.2) is 67.0 Å². The van der Waals surface area contributed by atoms with Crippen LogP contribution in [0, 0.1) is 11.6 Å². The fourth-order valence-electron chi connectivity index (χ4n) is 6.66. The van der Waals surface area contributed by atoms with Crippen molar-refractivity contribution in [2.75, 3.05) is 37.7 Å². The van der Waals surface area contributed by atoms with Crippen molar-refractivity contribution >= 4 is 52.9 Å². The van der Waals surface area contributed by atoms with E-state index in [0.717, 1.165) is 10.4 Å². The molecule has 1 saturated heterocycles. The molecule has 7 nitrogen and oxygen atoms in total. The molecule has 1 aliphatic heterocycles. The van der Waals surface area contributed by atoms with Crippen LogP contribution in [0.2, 0.25) is 10.1 Å². The second-order valence-corrected chi connectivity index (χ2v) is 17.7. The van der Waals surface area contributed by atoms with E-state index in [0.29, 0.717) is 37.4 Å². The van der Waals surface area contributed by atoms with E-state index in [1.165, 1.54) is 12.4 Å². The zero-order valence-electron chi connectivity index (χ0n) is 27.6. The lowest BCUT2D eigenvalue weighted by Gasteiger charge is -2.43. The first-order chi connectivity index (χ1) is 23.5. The molecule has 0 spiro atoms. The molecular weight excluding hydrogens is 662 g/mol. The number of rotatable bonds is 8. The van der Waals surface area contributed by atoms with Gasteiger partial charge in [-0.1, -0.05) is 106 Å². The van der Waals surface area contributed by atoms with Crippen molar-refractivity contribution in [2.45, 2.75) is 25.8 Å². The van der Waals surface area contributed by atoms with Gasteiger partial charge in [-0.2, -0.15) is 0 Å². The highest BCUT2D eigenvalue weighted by Gasteiger charge is 2.52. The van der Waals surface area contributed by atoms with Gasteiger partial charge in [0.15, 0.2) is 5.82 Å². The van der Waals surface area contributed by atoms with E-state index in [1.807, 2.05) is 65.6 Å². The van der Waals surface area contributed by atoms with Gasteiger partial charge >= 0.3 is 8.32 Å². The number of nitrogens with zero attached hydrogens (tertiary/aromatic N) is 4. The third-order valence-electron chi connectivity index (χ3n) is 9.07. The third kappa shape index (κ3) is 6.20. The van der Waals surface area contributed by atoms with Gasteiger partial charge in [-0.3, -0.25) is 4.79 Å².